The van der Waals surface area contributed by atoms with Crippen LogP contribution >= 0.6 is 0 Å². The molecule has 0 aliphatic heterocycles. The number of pyridine rings is 1. The summed E-state index contributed by atoms with van der Waals surface area (Å²) in [4.78, 5) is 6.86. The third-order valence-corrected chi connectivity index (χ3v) is 4.44. The Labute approximate surface area is 110 Å². The fraction of sp³-hybridized carbons (Fsp3) is 0.562. The predicted molar refractivity (Wildman–Crippen MR) is 74.3 cm³/mol. The van der Waals surface area contributed by atoms with Crippen LogP contribution in [0.5, 0.6) is 0 Å². The summed E-state index contributed by atoms with van der Waals surface area (Å²) >= 11 is 0. The number of fused-ring (bicyclic) bond motifs is 2. The van der Waals surface area contributed by atoms with Crippen molar-refractivity contribution >= 4 is 0 Å². The van der Waals surface area contributed by atoms with Gasteiger partial charge in [-0.05, 0) is 49.8 Å². The number of likely N-dealkylation sites (N-methyl/N-ethyl adjacent to an activating group) is 1. The van der Waals surface area contributed by atoms with Gasteiger partial charge >= 0.3 is 0 Å². The van der Waals surface area contributed by atoms with Crippen LogP contribution in [0, 0.1) is 17.8 Å². The molecule has 3 rings (SSSR count). The van der Waals surface area contributed by atoms with E-state index in [1.165, 1.54) is 25.1 Å². The molecular weight excluding hydrogens is 220 g/mol. The Bertz CT molecular complexity index is 412. The zero-order valence-corrected chi connectivity index (χ0v) is 11.1. The van der Waals surface area contributed by atoms with Gasteiger partial charge < -0.3 is 4.90 Å². The lowest BCUT2D eigenvalue weighted by atomic mass is 9.93. The molecule has 1 aromatic heterocycles. The first kappa shape index (κ1) is 11.9. The van der Waals surface area contributed by atoms with Crippen molar-refractivity contribution in [2.75, 3.05) is 20.1 Å². The highest BCUT2D eigenvalue weighted by Crippen LogP contribution is 2.43. The molecule has 1 fully saturated rings. The molecule has 0 amide bonds. The molecule has 0 aromatic carbocycles. The Morgan fingerprint density at radius 2 is 2.22 bits per heavy atom. The van der Waals surface area contributed by atoms with Gasteiger partial charge in [0.2, 0.25) is 0 Å². The van der Waals surface area contributed by atoms with E-state index in [0.29, 0.717) is 0 Å². The van der Waals surface area contributed by atoms with Crippen LogP contribution in [0.4, 0.5) is 0 Å². The number of nitrogens with zero attached hydrogens (tertiary/aromatic N) is 2. The van der Waals surface area contributed by atoms with Crippen LogP contribution in [0.15, 0.2) is 36.5 Å². The van der Waals surface area contributed by atoms with Gasteiger partial charge in [0.05, 0.1) is 0 Å². The van der Waals surface area contributed by atoms with Crippen LogP contribution in [0.25, 0.3) is 0 Å². The number of hydrogen-bond donors (Lipinski definition) is 0. The van der Waals surface area contributed by atoms with E-state index in [4.69, 9.17) is 0 Å². The highest BCUT2D eigenvalue weighted by atomic mass is 15.1. The highest BCUT2D eigenvalue weighted by molar-refractivity contribution is 5.10. The van der Waals surface area contributed by atoms with E-state index in [1.54, 1.807) is 0 Å². The van der Waals surface area contributed by atoms with Gasteiger partial charge in [-0.25, -0.2) is 0 Å². The van der Waals surface area contributed by atoms with Crippen LogP contribution in [-0.4, -0.2) is 30.0 Å². The summed E-state index contributed by atoms with van der Waals surface area (Å²) in [5.74, 6) is 2.66. The second-order valence-electron chi connectivity index (χ2n) is 5.87. The van der Waals surface area contributed by atoms with Gasteiger partial charge in [-0.3, -0.25) is 4.98 Å². The topological polar surface area (TPSA) is 16.1 Å². The molecule has 3 unspecified atom stereocenters. The molecule has 0 saturated heterocycles. The van der Waals surface area contributed by atoms with Crippen LogP contribution in [0.3, 0.4) is 0 Å². The molecular formula is C16H22N2. The fourth-order valence-electron chi connectivity index (χ4n) is 3.45. The second-order valence-corrected chi connectivity index (χ2v) is 5.87. The van der Waals surface area contributed by atoms with Gasteiger partial charge in [0.1, 0.15) is 0 Å². The number of aromatic nitrogens is 1. The SMILES string of the molecule is CN(CCc1ccccn1)CC1CC2C=CC1C2. The van der Waals surface area contributed by atoms with Crippen molar-refractivity contribution in [1.82, 2.24) is 9.88 Å². The van der Waals surface area contributed by atoms with E-state index >= 15 is 0 Å². The van der Waals surface area contributed by atoms with Gasteiger partial charge in [-0.2, -0.15) is 0 Å². The van der Waals surface area contributed by atoms with Gasteiger partial charge in [-0.15, -0.1) is 0 Å². The zero-order chi connectivity index (χ0) is 12.4. The molecule has 0 N–H and O–H groups in total. The van der Waals surface area contributed by atoms with E-state index in [0.717, 1.165) is 30.7 Å². The molecule has 2 aliphatic carbocycles. The maximum absolute atomic E-state index is 4.38. The Balaban J connectivity index is 1.45. The molecule has 96 valence electrons. The summed E-state index contributed by atoms with van der Waals surface area (Å²) in [5.41, 5.74) is 1.21. The summed E-state index contributed by atoms with van der Waals surface area (Å²) < 4.78 is 0. The van der Waals surface area contributed by atoms with E-state index in [2.05, 4.69) is 41.2 Å². The predicted octanol–water partition coefficient (Wildman–Crippen LogP) is 2.77. The van der Waals surface area contributed by atoms with E-state index in [9.17, 15) is 0 Å². The van der Waals surface area contributed by atoms with Crippen LogP contribution in [-0.2, 0) is 6.42 Å². The Hall–Kier alpha value is -1.15. The average Bonchev–Trinajstić information content (AvgIpc) is 3.00. The lowest BCUT2D eigenvalue weighted by molar-refractivity contribution is 0.256. The third-order valence-electron chi connectivity index (χ3n) is 4.44. The molecule has 18 heavy (non-hydrogen) atoms. The quantitative estimate of drug-likeness (QED) is 0.738. The van der Waals surface area contributed by atoms with Gasteiger partial charge in [-0.1, -0.05) is 18.2 Å². The summed E-state index contributed by atoms with van der Waals surface area (Å²) in [6.07, 6.45) is 10.7. The Morgan fingerprint density at radius 1 is 1.28 bits per heavy atom. The van der Waals surface area contributed by atoms with Gasteiger partial charge in [0.15, 0.2) is 0 Å². The van der Waals surface area contributed by atoms with Crippen molar-refractivity contribution in [3.63, 3.8) is 0 Å². The number of rotatable bonds is 5. The molecule has 2 nitrogen and oxygen atoms in total. The maximum Gasteiger partial charge on any atom is 0.0416 e. The monoisotopic (exact) mass is 242 g/mol. The minimum atomic E-state index is 0.868. The Morgan fingerprint density at radius 3 is 2.89 bits per heavy atom. The van der Waals surface area contributed by atoms with Crippen LogP contribution < -0.4 is 0 Å². The smallest absolute Gasteiger partial charge is 0.0416 e. The van der Waals surface area contributed by atoms with Crippen molar-refractivity contribution in [3.8, 4) is 0 Å². The second kappa shape index (κ2) is 5.23. The van der Waals surface area contributed by atoms with E-state index in [1.807, 2.05) is 12.3 Å². The zero-order valence-electron chi connectivity index (χ0n) is 11.1. The number of hydrogen-bond acceptors (Lipinski definition) is 2. The van der Waals surface area contributed by atoms with Crippen molar-refractivity contribution in [2.45, 2.75) is 19.3 Å². The van der Waals surface area contributed by atoms with Crippen molar-refractivity contribution in [3.05, 3.63) is 42.2 Å². The molecule has 3 atom stereocenters. The van der Waals surface area contributed by atoms with E-state index in [-0.39, 0.29) is 0 Å². The lowest BCUT2D eigenvalue weighted by Crippen LogP contribution is -2.29. The molecule has 1 aromatic rings. The molecule has 1 heterocycles. The molecule has 2 bridgehead atoms. The summed E-state index contributed by atoms with van der Waals surface area (Å²) in [7, 11) is 2.25. The lowest BCUT2D eigenvalue weighted by Gasteiger charge is -2.25. The first-order valence-corrected chi connectivity index (χ1v) is 7.08. The number of allylic oxidation sites excluding steroid dienone is 2. The maximum atomic E-state index is 4.38. The standard InChI is InChI=1S/C16H22N2/c1-18(9-7-16-4-2-3-8-17-16)12-15-11-13-5-6-14(15)10-13/h2-6,8,13-15H,7,9-12H2,1H3. The molecule has 2 heteroatoms. The highest BCUT2D eigenvalue weighted by Gasteiger charge is 2.35. The molecule has 0 spiro atoms. The molecule has 1 saturated carbocycles. The fourth-order valence-corrected chi connectivity index (χ4v) is 3.45. The largest absolute Gasteiger partial charge is 0.306 e. The first-order valence-electron chi connectivity index (χ1n) is 7.08. The summed E-state index contributed by atoms with van der Waals surface area (Å²) in [5, 5.41) is 0. The molecule has 0 radical (unpaired) electrons. The minimum Gasteiger partial charge on any atom is -0.306 e. The normalized spacial score (nSPS) is 29.3. The molecule has 2 aliphatic rings. The van der Waals surface area contributed by atoms with Gasteiger partial charge in [0.25, 0.3) is 0 Å². The Kier molecular flexibility index (Phi) is 3.46. The minimum absolute atomic E-state index is 0.868. The van der Waals surface area contributed by atoms with Crippen molar-refractivity contribution in [2.24, 2.45) is 17.8 Å². The summed E-state index contributed by atoms with van der Waals surface area (Å²) in [6, 6.07) is 6.17. The van der Waals surface area contributed by atoms with Crippen LogP contribution in [0.1, 0.15) is 18.5 Å². The van der Waals surface area contributed by atoms with Crippen molar-refractivity contribution < 1.29 is 0 Å². The van der Waals surface area contributed by atoms with Gasteiger partial charge in [0, 0.05) is 31.4 Å². The van der Waals surface area contributed by atoms with Crippen molar-refractivity contribution in [1.29, 1.82) is 0 Å². The van der Waals surface area contributed by atoms with E-state index < -0.39 is 0 Å². The summed E-state index contributed by atoms with van der Waals surface area (Å²) in [6.45, 7) is 2.37. The van der Waals surface area contributed by atoms with Crippen LogP contribution in [0.2, 0.25) is 0 Å². The third kappa shape index (κ3) is 2.64. The first-order chi connectivity index (χ1) is 8.81. The average molecular weight is 242 g/mol.